The van der Waals surface area contributed by atoms with Crippen molar-refractivity contribution in [2.75, 3.05) is 33.3 Å². The molecule has 0 atom stereocenters. The Bertz CT molecular complexity index is 1050. The van der Waals surface area contributed by atoms with Crippen molar-refractivity contribution in [1.29, 1.82) is 0 Å². The van der Waals surface area contributed by atoms with Crippen LogP contribution in [0.1, 0.15) is 15.9 Å². The number of benzene rings is 2. The van der Waals surface area contributed by atoms with E-state index in [1.165, 1.54) is 12.0 Å². The molecule has 0 saturated carbocycles. The number of sulfonamides is 1. The molecule has 1 fully saturated rings. The Morgan fingerprint density at radius 1 is 1.00 bits per heavy atom. The van der Waals surface area contributed by atoms with E-state index in [-0.39, 0.29) is 32.1 Å². The Morgan fingerprint density at radius 3 is 2.28 bits per heavy atom. The fraction of sp³-hybridized carbons (Fsp3) is 0.316. The number of piperazine rings is 1. The van der Waals surface area contributed by atoms with Gasteiger partial charge in [0.1, 0.15) is 10.6 Å². The minimum atomic E-state index is -4.37. The van der Waals surface area contributed by atoms with Crippen LogP contribution in [0.2, 0.25) is 0 Å². The minimum absolute atomic E-state index is 0.0690. The van der Waals surface area contributed by atoms with Crippen LogP contribution in [0.15, 0.2) is 35.2 Å². The van der Waals surface area contributed by atoms with Gasteiger partial charge in [-0.15, -0.1) is 0 Å². The Hall–Kier alpha value is -2.59. The first kappa shape index (κ1) is 21.1. The van der Waals surface area contributed by atoms with E-state index in [1.54, 1.807) is 18.2 Å². The van der Waals surface area contributed by atoms with Gasteiger partial charge in [0.05, 0.1) is 7.11 Å². The fourth-order valence-corrected chi connectivity index (χ4v) is 4.59. The predicted octanol–water partition coefficient (Wildman–Crippen LogP) is 2.57. The molecule has 1 amide bonds. The Morgan fingerprint density at radius 2 is 1.66 bits per heavy atom. The summed E-state index contributed by atoms with van der Waals surface area (Å²) in [6.45, 7) is 1.78. The highest BCUT2D eigenvalue weighted by atomic mass is 32.2. The summed E-state index contributed by atoms with van der Waals surface area (Å²) < 4.78 is 71.9. The molecule has 1 aliphatic heterocycles. The summed E-state index contributed by atoms with van der Waals surface area (Å²) in [4.78, 5) is 13.2. The second kappa shape index (κ2) is 8.03. The van der Waals surface area contributed by atoms with Crippen molar-refractivity contribution in [2.24, 2.45) is 0 Å². The third-order valence-electron chi connectivity index (χ3n) is 4.80. The van der Waals surface area contributed by atoms with Gasteiger partial charge in [-0.25, -0.2) is 21.6 Å². The summed E-state index contributed by atoms with van der Waals surface area (Å²) >= 11 is 0. The topological polar surface area (TPSA) is 66.9 Å². The number of hydrogen-bond acceptors (Lipinski definition) is 4. The second-order valence-corrected chi connectivity index (χ2v) is 8.46. The maximum Gasteiger partial charge on any atom is 0.254 e. The van der Waals surface area contributed by atoms with Gasteiger partial charge >= 0.3 is 0 Å². The van der Waals surface area contributed by atoms with Crippen LogP contribution in [0.3, 0.4) is 0 Å². The first-order valence-corrected chi connectivity index (χ1v) is 10.2. The first-order chi connectivity index (χ1) is 13.7. The lowest BCUT2D eigenvalue weighted by Crippen LogP contribution is -2.50. The molecule has 29 heavy (non-hydrogen) atoms. The number of nitrogens with zero attached hydrogens (tertiary/aromatic N) is 2. The minimum Gasteiger partial charge on any atom is -0.496 e. The van der Waals surface area contributed by atoms with E-state index in [0.29, 0.717) is 23.4 Å². The van der Waals surface area contributed by atoms with Crippen molar-refractivity contribution in [1.82, 2.24) is 9.21 Å². The number of amides is 1. The van der Waals surface area contributed by atoms with Crippen molar-refractivity contribution in [2.45, 2.75) is 11.8 Å². The van der Waals surface area contributed by atoms with Crippen LogP contribution < -0.4 is 4.74 Å². The molecule has 0 N–H and O–H groups in total. The summed E-state index contributed by atoms with van der Waals surface area (Å²) in [6, 6.07) is 6.27. The molecule has 0 aliphatic carbocycles. The van der Waals surface area contributed by atoms with Crippen LogP contribution in [-0.2, 0) is 10.0 Å². The van der Waals surface area contributed by atoms with Crippen molar-refractivity contribution >= 4 is 15.9 Å². The van der Waals surface area contributed by atoms with Gasteiger partial charge < -0.3 is 9.64 Å². The molecule has 156 valence electrons. The van der Waals surface area contributed by atoms with Crippen LogP contribution in [0.4, 0.5) is 13.2 Å². The molecule has 3 rings (SSSR count). The number of carbonyl (C=O) groups is 1. The molecule has 1 saturated heterocycles. The molecule has 0 bridgehead atoms. The molecule has 10 heteroatoms. The van der Waals surface area contributed by atoms with Crippen LogP contribution in [0.25, 0.3) is 0 Å². The predicted molar refractivity (Wildman–Crippen MR) is 98.7 cm³/mol. The zero-order valence-electron chi connectivity index (χ0n) is 15.8. The van der Waals surface area contributed by atoms with Gasteiger partial charge in [-0.3, -0.25) is 4.79 Å². The molecule has 1 heterocycles. The summed E-state index contributed by atoms with van der Waals surface area (Å²) in [5.74, 6) is -4.79. The number of rotatable bonds is 4. The highest BCUT2D eigenvalue weighted by molar-refractivity contribution is 7.89. The van der Waals surface area contributed by atoms with Crippen molar-refractivity contribution in [3.63, 3.8) is 0 Å². The molecule has 0 spiro atoms. The maximum atomic E-state index is 13.9. The average Bonchev–Trinajstić information content (AvgIpc) is 2.71. The third-order valence-corrected chi connectivity index (χ3v) is 6.71. The highest BCUT2D eigenvalue weighted by Crippen LogP contribution is 2.25. The average molecular weight is 428 g/mol. The van der Waals surface area contributed by atoms with E-state index in [2.05, 4.69) is 0 Å². The summed E-state index contributed by atoms with van der Waals surface area (Å²) in [7, 11) is -2.87. The summed E-state index contributed by atoms with van der Waals surface area (Å²) in [5.41, 5.74) is 1.27. The van der Waals surface area contributed by atoms with Gasteiger partial charge in [0, 0.05) is 31.7 Å². The molecule has 6 nitrogen and oxygen atoms in total. The number of ether oxygens (including phenoxy) is 1. The van der Waals surface area contributed by atoms with Crippen molar-refractivity contribution < 1.29 is 31.1 Å². The van der Waals surface area contributed by atoms with E-state index in [9.17, 15) is 26.4 Å². The van der Waals surface area contributed by atoms with Gasteiger partial charge in [-0.05, 0) is 36.8 Å². The standard InChI is InChI=1S/C19H19F3N2O4S/c1-12-3-4-13(11-15(12)28-2)19(25)23-7-9-24(10-8-23)29(26,27)16-6-5-14(20)17(21)18(16)22/h3-6,11H,7-10H2,1-2H3. The summed E-state index contributed by atoms with van der Waals surface area (Å²) in [5, 5.41) is 0. The van der Waals surface area contributed by atoms with Crippen LogP contribution in [0, 0.1) is 24.4 Å². The van der Waals surface area contributed by atoms with Crippen LogP contribution >= 0.6 is 0 Å². The second-order valence-electron chi connectivity index (χ2n) is 6.55. The lowest BCUT2D eigenvalue weighted by molar-refractivity contribution is 0.0697. The Kier molecular flexibility index (Phi) is 5.85. The third kappa shape index (κ3) is 3.95. The highest BCUT2D eigenvalue weighted by Gasteiger charge is 2.33. The van der Waals surface area contributed by atoms with E-state index in [4.69, 9.17) is 4.74 Å². The van der Waals surface area contributed by atoms with E-state index in [0.717, 1.165) is 9.87 Å². The summed E-state index contributed by atoms with van der Waals surface area (Å²) in [6.07, 6.45) is 0. The molecule has 1 aliphatic rings. The molecule has 0 aromatic heterocycles. The quantitative estimate of drug-likeness (QED) is 0.702. The zero-order chi connectivity index (χ0) is 21.3. The fourth-order valence-electron chi connectivity index (χ4n) is 3.11. The van der Waals surface area contributed by atoms with Crippen LogP contribution in [0.5, 0.6) is 5.75 Å². The van der Waals surface area contributed by atoms with Gasteiger partial charge in [0.2, 0.25) is 10.0 Å². The molecular weight excluding hydrogens is 409 g/mol. The molecule has 2 aromatic rings. The lowest BCUT2D eigenvalue weighted by atomic mass is 10.1. The lowest BCUT2D eigenvalue weighted by Gasteiger charge is -2.34. The molecule has 0 unspecified atom stereocenters. The van der Waals surface area contributed by atoms with Gasteiger partial charge in [-0.1, -0.05) is 6.07 Å². The smallest absolute Gasteiger partial charge is 0.254 e. The van der Waals surface area contributed by atoms with Crippen LogP contribution in [-0.4, -0.2) is 56.8 Å². The number of methoxy groups -OCH3 is 1. The monoisotopic (exact) mass is 428 g/mol. The number of halogens is 3. The van der Waals surface area contributed by atoms with Gasteiger partial charge in [0.25, 0.3) is 5.91 Å². The Balaban J connectivity index is 1.75. The van der Waals surface area contributed by atoms with Gasteiger partial charge in [-0.2, -0.15) is 4.31 Å². The zero-order valence-corrected chi connectivity index (χ0v) is 16.6. The number of carbonyl (C=O) groups excluding carboxylic acids is 1. The van der Waals surface area contributed by atoms with Gasteiger partial charge in [0.15, 0.2) is 17.5 Å². The molecular formula is C19H19F3N2O4S. The van der Waals surface area contributed by atoms with E-state index >= 15 is 0 Å². The first-order valence-electron chi connectivity index (χ1n) is 8.74. The largest absolute Gasteiger partial charge is 0.496 e. The normalized spacial score (nSPS) is 15.4. The molecule has 0 radical (unpaired) electrons. The van der Waals surface area contributed by atoms with E-state index in [1.807, 2.05) is 6.92 Å². The SMILES string of the molecule is COc1cc(C(=O)N2CCN(S(=O)(=O)c3ccc(F)c(F)c3F)CC2)ccc1C. The molecule has 2 aromatic carbocycles. The van der Waals surface area contributed by atoms with Crippen molar-refractivity contribution in [3.8, 4) is 5.75 Å². The number of aryl methyl sites for hydroxylation is 1. The Labute approximate surface area is 166 Å². The number of hydrogen-bond donors (Lipinski definition) is 0. The maximum absolute atomic E-state index is 13.9. The van der Waals surface area contributed by atoms with E-state index < -0.39 is 32.4 Å². The van der Waals surface area contributed by atoms with Crippen molar-refractivity contribution in [3.05, 3.63) is 58.9 Å².